The first-order chi connectivity index (χ1) is 8.38. The monoisotopic (exact) mass is 289 g/mol. The van der Waals surface area contributed by atoms with Crippen molar-refractivity contribution in [3.05, 3.63) is 10.7 Å². The third-order valence-electron chi connectivity index (χ3n) is 3.41. The van der Waals surface area contributed by atoms with Gasteiger partial charge < -0.3 is 5.73 Å². The van der Waals surface area contributed by atoms with Crippen molar-refractivity contribution < 1.29 is 8.42 Å². The van der Waals surface area contributed by atoms with E-state index >= 15 is 0 Å². The highest BCUT2D eigenvalue weighted by atomic mass is 32.2. The molecule has 18 heavy (non-hydrogen) atoms. The number of aryl methyl sites for hydroxylation is 2. The normalized spacial score (nSPS) is 19.3. The summed E-state index contributed by atoms with van der Waals surface area (Å²) in [5.74, 6) is 0. The first kappa shape index (κ1) is 13.9. The minimum absolute atomic E-state index is 0.319. The highest BCUT2D eigenvalue weighted by molar-refractivity contribution is 7.91. The lowest BCUT2D eigenvalue weighted by molar-refractivity contribution is 0.400. The van der Waals surface area contributed by atoms with Gasteiger partial charge in [0.25, 0.3) is 10.0 Å². The van der Waals surface area contributed by atoms with Gasteiger partial charge in [-0.3, -0.25) is 0 Å². The van der Waals surface area contributed by atoms with E-state index in [-0.39, 0.29) is 0 Å². The molecule has 0 atom stereocenters. The molecule has 0 saturated heterocycles. The Morgan fingerprint density at radius 2 is 2.00 bits per heavy atom. The second-order valence-electron chi connectivity index (χ2n) is 4.90. The second-order valence-corrected chi connectivity index (χ2v) is 7.98. The summed E-state index contributed by atoms with van der Waals surface area (Å²) in [6.07, 6.45) is 3.69. The molecule has 2 rings (SSSR count). The molecule has 1 saturated carbocycles. The van der Waals surface area contributed by atoms with Gasteiger partial charge in [-0.25, -0.2) is 18.1 Å². The number of rotatable bonds is 4. The summed E-state index contributed by atoms with van der Waals surface area (Å²) in [7, 11) is -3.50. The number of hydrogen-bond acceptors (Lipinski definition) is 5. The van der Waals surface area contributed by atoms with E-state index in [1.165, 1.54) is 11.3 Å². The van der Waals surface area contributed by atoms with Gasteiger partial charge in [-0.05, 0) is 26.7 Å². The lowest BCUT2D eigenvalue weighted by atomic mass is 10.0. The van der Waals surface area contributed by atoms with Gasteiger partial charge in [0.1, 0.15) is 0 Å². The molecule has 0 bridgehead atoms. The van der Waals surface area contributed by atoms with Gasteiger partial charge in [-0.1, -0.05) is 12.8 Å². The molecule has 3 N–H and O–H groups in total. The smallest absolute Gasteiger partial charge is 0.252 e. The van der Waals surface area contributed by atoms with E-state index in [9.17, 15) is 8.42 Å². The molecule has 102 valence electrons. The lowest BCUT2D eigenvalue weighted by Gasteiger charge is -2.27. The van der Waals surface area contributed by atoms with E-state index in [1.807, 2.05) is 6.92 Å². The molecule has 5 nitrogen and oxygen atoms in total. The summed E-state index contributed by atoms with van der Waals surface area (Å²) in [5.41, 5.74) is 5.87. The van der Waals surface area contributed by atoms with Crippen molar-refractivity contribution in [1.82, 2.24) is 9.71 Å². The molecule has 0 aliphatic heterocycles. The Morgan fingerprint density at radius 3 is 2.44 bits per heavy atom. The molecule has 7 heteroatoms. The van der Waals surface area contributed by atoms with Crippen LogP contribution >= 0.6 is 11.3 Å². The van der Waals surface area contributed by atoms with Gasteiger partial charge >= 0.3 is 0 Å². The zero-order chi connectivity index (χ0) is 13.4. The van der Waals surface area contributed by atoms with E-state index in [1.54, 1.807) is 6.92 Å². The number of nitrogens with zero attached hydrogens (tertiary/aromatic N) is 1. The number of nitrogens with two attached hydrogens (primary N) is 1. The molecule has 0 aromatic carbocycles. The average molecular weight is 289 g/mol. The summed E-state index contributed by atoms with van der Waals surface area (Å²) in [6, 6.07) is 0. The van der Waals surface area contributed by atoms with Crippen molar-refractivity contribution in [3.8, 4) is 0 Å². The number of hydrogen-bond donors (Lipinski definition) is 2. The Balaban J connectivity index is 2.29. The van der Waals surface area contributed by atoms with Crippen molar-refractivity contribution in [2.75, 3.05) is 6.54 Å². The molecule has 1 aliphatic rings. The molecule has 0 radical (unpaired) electrons. The van der Waals surface area contributed by atoms with Crippen LogP contribution < -0.4 is 10.5 Å². The van der Waals surface area contributed by atoms with Crippen LogP contribution in [0.25, 0.3) is 0 Å². The number of thiazole rings is 1. The maximum Gasteiger partial charge on any atom is 0.252 e. The molecule has 0 unspecified atom stereocenters. The van der Waals surface area contributed by atoms with Crippen molar-refractivity contribution >= 4 is 21.4 Å². The van der Waals surface area contributed by atoms with Crippen molar-refractivity contribution in [2.24, 2.45) is 5.73 Å². The Hall–Kier alpha value is -0.500. The summed E-state index contributed by atoms with van der Waals surface area (Å²) in [5, 5.41) is 0.765. The summed E-state index contributed by atoms with van der Waals surface area (Å²) in [6.45, 7) is 3.88. The van der Waals surface area contributed by atoms with Crippen LogP contribution in [0.5, 0.6) is 0 Å². The van der Waals surface area contributed by atoms with Gasteiger partial charge in [0, 0.05) is 12.1 Å². The Labute approximate surface area is 112 Å². The SMILES string of the molecule is Cc1nc(C)c(S(=O)(=O)NC2(CN)CCCC2)s1. The van der Waals surface area contributed by atoms with E-state index in [4.69, 9.17) is 5.73 Å². The molecule has 1 aromatic heterocycles. The van der Waals surface area contributed by atoms with E-state index < -0.39 is 15.6 Å². The fourth-order valence-corrected chi connectivity index (χ4v) is 5.45. The predicted octanol–water partition coefficient (Wildman–Crippen LogP) is 1.31. The second kappa shape index (κ2) is 4.88. The zero-order valence-electron chi connectivity index (χ0n) is 10.7. The molecule has 1 aromatic rings. The third kappa shape index (κ3) is 2.59. The predicted molar refractivity (Wildman–Crippen MR) is 72.2 cm³/mol. The molecular weight excluding hydrogens is 270 g/mol. The summed E-state index contributed by atoms with van der Waals surface area (Å²) >= 11 is 1.21. The van der Waals surface area contributed by atoms with Gasteiger partial charge in [-0.2, -0.15) is 0 Å². The summed E-state index contributed by atoms with van der Waals surface area (Å²) < 4.78 is 27.9. The minimum Gasteiger partial charge on any atom is -0.329 e. The van der Waals surface area contributed by atoms with Gasteiger partial charge in [0.2, 0.25) is 0 Å². The molecule has 1 aliphatic carbocycles. The zero-order valence-corrected chi connectivity index (χ0v) is 12.3. The van der Waals surface area contributed by atoms with Crippen LogP contribution in [-0.4, -0.2) is 25.5 Å². The fraction of sp³-hybridized carbons (Fsp3) is 0.727. The Kier molecular flexibility index (Phi) is 3.77. The van der Waals surface area contributed by atoms with Crippen LogP contribution in [0.4, 0.5) is 0 Å². The number of sulfonamides is 1. The van der Waals surface area contributed by atoms with Crippen LogP contribution in [-0.2, 0) is 10.0 Å². The molecule has 0 spiro atoms. The van der Waals surface area contributed by atoms with Crippen LogP contribution in [0, 0.1) is 13.8 Å². The summed E-state index contributed by atoms with van der Waals surface area (Å²) in [4.78, 5) is 4.17. The highest BCUT2D eigenvalue weighted by Gasteiger charge is 2.37. The van der Waals surface area contributed by atoms with Crippen molar-refractivity contribution in [3.63, 3.8) is 0 Å². The fourth-order valence-electron chi connectivity index (χ4n) is 2.49. The largest absolute Gasteiger partial charge is 0.329 e. The standard InChI is InChI=1S/C11H19N3O2S2/c1-8-10(17-9(2)13-8)18(15,16)14-11(7-12)5-3-4-6-11/h14H,3-7,12H2,1-2H3. The molecule has 1 heterocycles. The van der Waals surface area contributed by atoms with Crippen molar-refractivity contribution in [2.45, 2.75) is 49.3 Å². The minimum atomic E-state index is -3.50. The molecule has 1 fully saturated rings. The van der Waals surface area contributed by atoms with Crippen LogP contribution in [0.2, 0.25) is 0 Å². The van der Waals surface area contributed by atoms with Gasteiger partial charge in [0.05, 0.1) is 10.7 Å². The van der Waals surface area contributed by atoms with E-state index in [0.29, 0.717) is 16.4 Å². The Bertz CT molecular complexity index is 530. The Morgan fingerprint density at radius 1 is 1.39 bits per heavy atom. The lowest BCUT2D eigenvalue weighted by Crippen LogP contribution is -2.51. The average Bonchev–Trinajstić information content (AvgIpc) is 2.86. The van der Waals surface area contributed by atoms with Crippen LogP contribution in [0.1, 0.15) is 36.4 Å². The van der Waals surface area contributed by atoms with Gasteiger partial charge in [0.15, 0.2) is 4.21 Å². The van der Waals surface area contributed by atoms with Crippen LogP contribution in [0.15, 0.2) is 4.21 Å². The maximum atomic E-state index is 12.4. The van der Waals surface area contributed by atoms with E-state index in [0.717, 1.165) is 30.7 Å². The highest BCUT2D eigenvalue weighted by Crippen LogP contribution is 2.32. The van der Waals surface area contributed by atoms with E-state index in [2.05, 4.69) is 9.71 Å². The van der Waals surface area contributed by atoms with Crippen molar-refractivity contribution in [1.29, 1.82) is 0 Å². The first-order valence-corrected chi connectivity index (χ1v) is 8.37. The number of aromatic nitrogens is 1. The molecule has 0 amide bonds. The maximum absolute atomic E-state index is 12.4. The quantitative estimate of drug-likeness (QED) is 0.875. The van der Waals surface area contributed by atoms with Crippen LogP contribution in [0.3, 0.4) is 0 Å². The molecular formula is C11H19N3O2S2. The van der Waals surface area contributed by atoms with Gasteiger partial charge in [-0.15, -0.1) is 11.3 Å². The first-order valence-electron chi connectivity index (χ1n) is 6.07. The number of nitrogens with one attached hydrogen (secondary N) is 1. The third-order valence-corrected chi connectivity index (χ3v) is 6.67. The topological polar surface area (TPSA) is 85.1 Å².